The summed E-state index contributed by atoms with van der Waals surface area (Å²) in [5.41, 5.74) is 19.4. The number of rotatable bonds is 14. The topological polar surface area (TPSA) is 261 Å². The molecule has 0 aliphatic heterocycles. The number of aryl methyl sites for hydroxylation is 1. The predicted octanol–water partition coefficient (Wildman–Crippen LogP) is 29.3. The van der Waals surface area contributed by atoms with Crippen LogP contribution in [0, 0.1) is 37.2 Å². The maximum Gasteiger partial charge on any atom is 0.203 e. The van der Waals surface area contributed by atoms with E-state index in [-0.39, 0.29) is 23.2 Å². The number of benzene rings is 15. The molecule has 15 aromatic carbocycles. The standard InChI is InChI=1S/C11H14O4.C9H10O2.C8H7NO.2C8H8O2.C8H8O.C7H7ClO.C7H7Cl.C7H6N2.C7H5N.C7H6O.C6H4Cl2.C6H5Cl.C6H5F.C6H7N/c1-7(12)8-5-9(13-2)11(15-4)10(6-8)14-3;1-7(10)8-4-3-5-9(6-8)11-2;1-9-7-4-3-5-8(6-7)10-2;1-10-8-4-2-7(6-9)3-5-8;1-10-8-4-2-3-7(5-8)6-9;1-7(9)8-5-3-2-4-6-8;1-9-7-4-2-6(8)3-5-7;1-6-3-2-4-7(8)5-6;8-5-6-1-3-7(9)4-2-6;1-8-7-5-3-2-4-6-7;8-6-7-4-2-1-3-5-7;7-5-1-2-6(8)4-3-5;3*7-6-4-2-1-3-5-6/h5-6H,1-4H3;3-6H,1-2H3;3-6H,2H3;2*2-6H,1H3;2-6H,1H3;2-5H,1H3;2-5H,1H3;1-4H,9H2;2-6H;1-6H;1-4H;2*1-5H;1-5H,7H2. The number of methoxy groups -OCH3 is 8. The molecule has 0 fully saturated rings. The van der Waals surface area contributed by atoms with Crippen molar-refractivity contribution in [2.45, 2.75) is 27.7 Å². The van der Waals surface area contributed by atoms with Gasteiger partial charge in [-0.15, -0.1) is 0 Å². The number of nitriles is 1. The van der Waals surface area contributed by atoms with Gasteiger partial charge in [-0.3, -0.25) is 28.8 Å². The zero-order valence-electron chi connectivity index (χ0n) is 77.2. The van der Waals surface area contributed by atoms with Crippen LogP contribution in [0.3, 0.4) is 0 Å². The van der Waals surface area contributed by atoms with Gasteiger partial charge in [0.15, 0.2) is 40.2 Å². The number of carbonyl (C=O) groups excluding carboxylic acids is 6. The molecular weight excluding hydrogens is 1820 g/mol. The number of hydrogen-bond donors (Lipinski definition) is 2. The number of carbonyl (C=O) groups is 6. The molecule has 19 nitrogen and oxygen atoms in total. The summed E-state index contributed by atoms with van der Waals surface area (Å²) in [5.74, 6) is 5.19. The monoisotopic (exact) mass is 1930 g/mol. The van der Waals surface area contributed by atoms with E-state index in [1.807, 2.05) is 189 Å². The van der Waals surface area contributed by atoms with Crippen molar-refractivity contribution >= 4 is 117 Å². The lowest BCUT2D eigenvalue weighted by molar-refractivity contribution is 0.100. The van der Waals surface area contributed by atoms with Gasteiger partial charge in [0.2, 0.25) is 5.75 Å². The van der Waals surface area contributed by atoms with Crippen molar-refractivity contribution in [3.63, 3.8) is 0 Å². The fourth-order valence-corrected chi connectivity index (χ4v) is 10.1. The maximum atomic E-state index is 11.9. The highest BCUT2D eigenvalue weighted by atomic mass is 35.5. The molecule has 0 saturated heterocycles. The fourth-order valence-electron chi connectivity index (χ4n) is 9.36. The number of nitrogens with two attached hydrogens (primary N) is 2. The molecule has 0 unspecified atom stereocenters. The van der Waals surface area contributed by atoms with Gasteiger partial charge in [0, 0.05) is 69.9 Å². The summed E-state index contributed by atoms with van der Waals surface area (Å²) in [5, 5.41) is 12.1. The number of nitrogen functional groups attached to an aromatic ring is 2. The summed E-state index contributed by atoms with van der Waals surface area (Å²) in [6, 6.07) is 117. The lowest BCUT2D eigenvalue weighted by Gasteiger charge is -2.12. The summed E-state index contributed by atoms with van der Waals surface area (Å²) in [4.78, 5) is 69.6. The van der Waals surface area contributed by atoms with Crippen LogP contribution in [-0.4, -0.2) is 93.1 Å². The Balaban J connectivity index is 0.000000731. The molecule has 25 heteroatoms. The summed E-state index contributed by atoms with van der Waals surface area (Å²) in [7, 11) is 12.5. The molecule has 15 rings (SSSR count). The van der Waals surface area contributed by atoms with E-state index in [0.717, 1.165) is 83.8 Å². The van der Waals surface area contributed by atoms with Crippen LogP contribution in [-0.2, 0) is 0 Å². The largest absolute Gasteiger partial charge is 0.498 e. The molecule has 0 spiro atoms. The zero-order chi connectivity index (χ0) is 101. The maximum absolute atomic E-state index is 11.9. The lowest BCUT2D eigenvalue weighted by atomic mass is 10.1. The number of Topliss-reactive ketones (excluding diaryl/α,β-unsaturated/α-hetero) is 3. The Bertz CT molecular complexity index is 5800. The van der Waals surface area contributed by atoms with Crippen molar-refractivity contribution in [2.24, 2.45) is 0 Å². The number of ether oxygens (including phenoxy) is 8. The van der Waals surface area contributed by atoms with Gasteiger partial charge in [-0.25, -0.2) is 14.1 Å². The van der Waals surface area contributed by atoms with Gasteiger partial charge in [-0.2, -0.15) is 5.26 Å². The summed E-state index contributed by atoms with van der Waals surface area (Å²) >= 11 is 27.9. The third kappa shape index (κ3) is 57.4. The highest BCUT2D eigenvalue weighted by Gasteiger charge is 2.15. The van der Waals surface area contributed by atoms with E-state index in [4.69, 9.17) is 126 Å². The molecule has 0 aliphatic rings. The van der Waals surface area contributed by atoms with E-state index < -0.39 is 0 Å². The number of hydrogen-bond acceptors (Lipinski definition) is 17. The van der Waals surface area contributed by atoms with Crippen molar-refractivity contribution in [2.75, 3.05) is 68.3 Å². The minimum atomic E-state index is -0.178. The van der Waals surface area contributed by atoms with Crippen molar-refractivity contribution in [1.29, 1.82) is 5.26 Å². The molecular formula is C111H107Cl5FN5O14. The molecule has 0 saturated carbocycles. The van der Waals surface area contributed by atoms with Gasteiger partial charge in [0.1, 0.15) is 53.4 Å². The first-order valence-electron chi connectivity index (χ1n) is 40.6. The first kappa shape index (κ1) is 118. The van der Waals surface area contributed by atoms with Crippen molar-refractivity contribution in [3.05, 3.63) is 487 Å². The Morgan fingerprint density at radius 2 is 0.647 bits per heavy atom. The van der Waals surface area contributed by atoms with E-state index in [2.05, 4.69) is 9.69 Å². The zero-order valence-corrected chi connectivity index (χ0v) is 80.9. The quantitative estimate of drug-likeness (QED) is 0.0444. The summed E-state index contributed by atoms with van der Waals surface area (Å²) in [6.45, 7) is 19.9. The average Bonchev–Trinajstić information content (AvgIpc) is 0.821. The summed E-state index contributed by atoms with van der Waals surface area (Å²) in [6.07, 6.45) is 2.43. The highest BCUT2D eigenvalue weighted by Crippen LogP contribution is 2.38. The second kappa shape index (κ2) is 74.8. The third-order valence-electron chi connectivity index (χ3n) is 16.4. The van der Waals surface area contributed by atoms with Crippen LogP contribution in [0.25, 0.3) is 9.69 Å². The molecule has 4 N–H and O–H groups in total. The SMILES string of the molecule is CC(=O)c1ccccc1.COc1cc(C(C)=O)cc(OC)c1OC.COc1ccc(C=O)cc1.COc1ccc(Cl)cc1.COc1cccc(C(C)=O)c1.COc1cccc(C=O)c1.Cc1cccc(Cl)c1.Clc1ccc(Cl)cc1.Clc1ccccc1.Fc1ccccc1.N#Cc1ccc(N)cc1.Nc1ccccc1.O=Cc1ccccc1.[C-]#[N+]c1cccc(OC)c1.[C-]#[N+]c1ccccc1. The van der Waals surface area contributed by atoms with Gasteiger partial charge in [0.25, 0.3) is 0 Å². The average molecular weight is 1930 g/mol. The Labute approximate surface area is 822 Å². The van der Waals surface area contributed by atoms with E-state index in [1.165, 1.54) is 52.9 Å². The molecule has 15 aromatic rings. The first-order chi connectivity index (χ1) is 65.5. The van der Waals surface area contributed by atoms with Crippen LogP contribution in [0.4, 0.5) is 27.1 Å². The third-order valence-corrected chi connectivity index (χ3v) is 17.6. The van der Waals surface area contributed by atoms with Crippen molar-refractivity contribution < 1.29 is 71.1 Å². The smallest absolute Gasteiger partial charge is 0.203 e. The van der Waals surface area contributed by atoms with Crippen LogP contribution in [0.15, 0.2) is 388 Å². The van der Waals surface area contributed by atoms with Crippen LogP contribution < -0.4 is 49.4 Å². The molecule has 0 radical (unpaired) electrons. The van der Waals surface area contributed by atoms with Crippen molar-refractivity contribution in [1.82, 2.24) is 0 Å². The number of para-hydroxylation sites is 2. The number of aldehydes is 3. The molecule has 702 valence electrons. The minimum Gasteiger partial charge on any atom is -0.498 e. The summed E-state index contributed by atoms with van der Waals surface area (Å²) < 4.78 is 51.8. The Hall–Kier alpha value is -15.8. The van der Waals surface area contributed by atoms with Gasteiger partial charge < -0.3 is 49.4 Å². The Morgan fingerprint density at radius 1 is 0.316 bits per heavy atom. The first-order valence-corrected chi connectivity index (χ1v) is 42.5. The molecule has 0 bridgehead atoms. The Kier molecular flexibility index (Phi) is 65.0. The van der Waals surface area contributed by atoms with Crippen LogP contribution >= 0.6 is 58.0 Å². The van der Waals surface area contributed by atoms with Crippen LogP contribution in [0.2, 0.25) is 25.1 Å². The molecule has 0 aliphatic carbocycles. The molecule has 0 amide bonds. The Morgan fingerprint density at radius 3 is 0.978 bits per heavy atom. The molecule has 136 heavy (non-hydrogen) atoms. The second-order valence-corrected chi connectivity index (χ2v) is 28.6. The van der Waals surface area contributed by atoms with Crippen LogP contribution in [0.1, 0.15) is 94.0 Å². The van der Waals surface area contributed by atoms with E-state index in [9.17, 15) is 33.2 Å². The van der Waals surface area contributed by atoms with E-state index in [1.54, 1.807) is 243 Å². The number of ketones is 3. The normalized spacial score (nSPS) is 8.88. The van der Waals surface area contributed by atoms with Gasteiger partial charge in [-0.05, 0) is 227 Å². The number of halogens is 6. The molecule has 0 heterocycles. The fraction of sp³-hybridized carbons (Fsp3) is 0.108. The number of nitrogens with zero attached hydrogens (tertiary/aromatic N) is 3. The van der Waals surface area contributed by atoms with E-state index >= 15 is 0 Å². The number of anilines is 2. The van der Waals surface area contributed by atoms with Gasteiger partial charge in [0.05, 0.1) is 81.7 Å². The predicted molar refractivity (Wildman–Crippen MR) is 551 cm³/mol. The van der Waals surface area contributed by atoms with Gasteiger partial charge >= 0.3 is 0 Å². The van der Waals surface area contributed by atoms with Crippen LogP contribution in [0.5, 0.6) is 46.0 Å². The second-order valence-electron chi connectivity index (χ2n) is 26.4. The van der Waals surface area contributed by atoms with Gasteiger partial charge in [-0.1, -0.05) is 252 Å². The highest BCUT2D eigenvalue weighted by molar-refractivity contribution is 6.33. The van der Waals surface area contributed by atoms with E-state index in [0.29, 0.717) is 67.9 Å². The van der Waals surface area contributed by atoms with Crippen molar-refractivity contribution in [3.8, 4) is 52.1 Å². The minimum absolute atomic E-state index is 0.0470. The lowest BCUT2D eigenvalue weighted by Crippen LogP contribution is -1.99. The molecule has 0 aromatic heterocycles. The molecule has 0 atom stereocenters.